The number of phosphoric acid groups is 1. The molecule has 0 bridgehead atoms. The van der Waals surface area contributed by atoms with Crippen LogP contribution in [-0.4, -0.2) is 59.2 Å². The Hall–Kier alpha value is -2.58. The van der Waals surface area contributed by atoms with Gasteiger partial charge in [0.15, 0.2) is 11.8 Å². The SMILES string of the molecule is Cc1cccc2c(Cn3c(=O)ccn([C@@H]4O[C@H](COP(=O)(O)O[P+](=O)O)[C@H](O)C4O)c3=O)noc12. The second-order valence-electron chi connectivity index (χ2n) is 7.64. The lowest BCUT2D eigenvalue weighted by molar-refractivity contribution is -0.0546. The van der Waals surface area contributed by atoms with Gasteiger partial charge in [-0.15, -0.1) is 4.89 Å². The summed E-state index contributed by atoms with van der Waals surface area (Å²) in [7, 11) is -8.41. The van der Waals surface area contributed by atoms with Crippen molar-refractivity contribution in [3.05, 3.63) is 62.6 Å². The van der Waals surface area contributed by atoms with Crippen molar-refractivity contribution in [3.63, 3.8) is 0 Å². The average molecular weight is 532 g/mol. The van der Waals surface area contributed by atoms with Crippen LogP contribution in [0.15, 0.2) is 44.6 Å². The molecule has 2 aromatic heterocycles. The zero-order valence-corrected chi connectivity index (χ0v) is 19.7. The molecule has 17 heteroatoms. The summed E-state index contributed by atoms with van der Waals surface area (Å²) in [4.78, 5) is 43.5. The number of nitrogens with zero attached hydrogens (tertiary/aromatic N) is 3. The quantitative estimate of drug-likeness (QED) is 0.280. The Labute approximate surface area is 196 Å². The highest BCUT2D eigenvalue weighted by Crippen LogP contribution is 2.51. The van der Waals surface area contributed by atoms with Crippen LogP contribution in [0.3, 0.4) is 0 Å². The van der Waals surface area contributed by atoms with E-state index in [1.54, 1.807) is 12.1 Å². The van der Waals surface area contributed by atoms with Crippen LogP contribution in [-0.2, 0) is 29.2 Å². The lowest BCUT2D eigenvalue weighted by Gasteiger charge is -2.18. The van der Waals surface area contributed by atoms with E-state index in [2.05, 4.69) is 14.0 Å². The Kier molecular flexibility index (Phi) is 7.16. The van der Waals surface area contributed by atoms with Gasteiger partial charge in [0.1, 0.15) is 24.0 Å². The fourth-order valence-corrected chi connectivity index (χ4v) is 4.89. The van der Waals surface area contributed by atoms with Gasteiger partial charge < -0.3 is 19.5 Å². The van der Waals surface area contributed by atoms with Gasteiger partial charge in [-0.1, -0.05) is 17.3 Å². The minimum absolute atomic E-state index is 0.253. The van der Waals surface area contributed by atoms with E-state index in [0.29, 0.717) is 16.7 Å². The Bertz CT molecular complexity index is 1430. The van der Waals surface area contributed by atoms with Gasteiger partial charge in [0.25, 0.3) is 5.56 Å². The summed E-state index contributed by atoms with van der Waals surface area (Å²) >= 11 is 0. The van der Waals surface area contributed by atoms with E-state index in [4.69, 9.17) is 14.2 Å². The number of phosphoric ester groups is 1. The standard InChI is InChI=1S/C18H19N3O12P2/c1-9-3-2-4-10-11(19-32-16(9)10)7-21-13(22)5-6-20(18(21)25)17-15(24)14(23)12(31-17)8-30-35(28,29)33-34(26)27/h2-6,12,14-15,17,23-24H,7-8H2,1H3,(H-,26,27,28,29)/p+1/t12-,14+,15?,17-/m1/s1. The van der Waals surface area contributed by atoms with Gasteiger partial charge >= 0.3 is 21.8 Å². The molecule has 4 N–H and O–H groups in total. The summed E-state index contributed by atoms with van der Waals surface area (Å²) < 4.78 is 43.0. The van der Waals surface area contributed by atoms with Crippen molar-refractivity contribution in [2.75, 3.05) is 6.61 Å². The first-order valence-electron chi connectivity index (χ1n) is 9.99. The smallest absolute Gasteiger partial charge is 0.387 e. The predicted molar refractivity (Wildman–Crippen MR) is 115 cm³/mol. The van der Waals surface area contributed by atoms with Crippen molar-refractivity contribution in [2.24, 2.45) is 0 Å². The minimum Gasteiger partial charge on any atom is -0.387 e. The number of hydrogen-bond acceptors (Lipinski definition) is 11. The molecule has 3 heterocycles. The summed E-state index contributed by atoms with van der Waals surface area (Å²) in [6.07, 6.45) is -5.24. The highest BCUT2D eigenvalue weighted by Gasteiger charge is 2.46. The van der Waals surface area contributed by atoms with Gasteiger partial charge in [-0.05, 0) is 22.9 Å². The fourth-order valence-electron chi connectivity index (χ4n) is 3.66. The largest absolute Gasteiger partial charge is 0.705 e. The molecular weight excluding hydrogens is 512 g/mol. The highest BCUT2D eigenvalue weighted by molar-refractivity contribution is 7.55. The molecule has 0 spiro atoms. The third-order valence-corrected chi connectivity index (χ3v) is 7.22. The summed E-state index contributed by atoms with van der Waals surface area (Å²) in [5.74, 6) is 0. The Morgan fingerprint density at radius 2 is 1.97 bits per heavy atom. The lowest BCUT2D eigenvalue weighted by atomic mass is 10.1. The third-order valence-electron chi connectivity index (χ3n) is 5.36. The first-order chi connectivity index (χ1) is 16.5. The van der Waals surface area contributed by atoms with E-state index in [1.807, 2.05) is 13.0 Å². The minimum atomic E-state index is -4.96. The number of rotatable bonds is 8. The van der Waals surface area contributed by atoms with Crippen LogP contribution in [0.25, 0.3) is 11.0 Å². The molecule has 0 saturated carbocycles. The molecule has 1 aromatic carbocycles. The van der Waals surface area contributed by atoms with E-state index < -0.39 is 58.5 Å². The molecular formula is C18H20N3O12P2+. The van der Waals surface area contributed by atoms with Crippen molar-refractivity contribution < 1.29 is 47.2 Å². The molecule has 6 atom stereocenters. The van der Waals surface area contributed by atoms with E-state index in [9.17, 15) is 33.8 Å². The number of benzene rings is 1. The van der Waals surface area contributed by atoms with Crippen molar-refractivity contribution >= 4 is 27.0 Å². The maximum Gasteiger partial charge on any atom is 0.705 e. The van der Waals surface area contributed by atoms with Crippen LogP contribution in [0.4, 0.5) is 0 Å². The summed E-state index contributed by atoms with van der Waals surface area (Å²) in [6, 6.07) is 6.36. The number of hydrogen-bond donors (Lipinski definition) is 4. The zero-order valence-electron chi connectivity index (χ0n) is 17.9. The summed E-state index contributed by atoms with van der Waals surface area (Å²) in [6.45, 7) is 0.732. The average Bonchev–Trinajstić information content (AvgIpc) is 3.31. The number of aliphatic hydroxyl groups is 2. The van der Waals surface area contributed by atoms with Crippen molar-refractivity contribution in [1.82, 2.24) is 14.3 Å². The predicted octanol–water partition coefficient (Wildman–Crippen LogP) is -0.0896. The molecule has 188 valence electrons. The second kappa shape index (κ2) is 9.82. The molecule has 1 aliphatic rings. The number of para-hydroxylation sites is 1. The first kappa shape index (κ1) is 25.5. The summed E-state index contributed by atoms with van der Waals surface area (Å²) in [5, 5.41) is 25.2. The van der Waals surface area contributed by atoms with Gasteiger partial charge in [0, 0.05) is 22.2 Å². The van der Waals surface area contributed by atoms with Gasteiger partial charge in [-0.3, -0.25) is 23.3 Å². The maximum atomic E-state index is 13.1. The van der Waals surface area contributed by atoms with Crippen molar-refractivity contribution in [3.8, 4) is 0 Å². The number of aryl methyl sites for hydroxylation is 1. The molecule has 1 fully saturated rings. The van der Waals surface area contributed by atoms with E-state index >= 15 is 0 Å². The molecule has 0 radical (unpaired) electrons. The van der Waals surface area contributed by atoms with Gasteiger partial charge in [-0.2, -0.15) is 0 Å². The summed E-state index contributed by atoms with van der Waals surface area (Å²) in [5.41, 5.74) is 0.0727. The van der Waals surface area contributed by atoms with Gasteiger partial charge in [0.2, 0.25) is 0 Å². The van der Waals surface area contributed by atoms with Crippen LogP contribution >= 0.6 is 16.1 Å². The number of aliphatic hydroxyl groups excluding tert-OH is 2. The van der Waals surface area contributed by atoms with Crippen molar-refractivity contribution in [2.45, 2.75) is 38.0 Å². The number of ether oxygens (including phenoxy) is 1. The first-order valence-corrected chi connectivity index (χ1v) is 12.6. The Morgan fingerprint density at radius 3 is 2.69 bits per heavy atom. The molecule has 0 aliphatic carbocycles. The Morgan fingerprint density at radius 1 is 1.23 bits per heavy atom. The maximum absolute atomic E-state index is 13.1. The Balaban J connectivity index is 1.59. The zero-order chi connectivity index (χ0) is 25.5. The highest BCUT2D eigenvalue weighted by atomic mass is 31.2. The molecule has 1 aliphatic heterocycles. The number of aromatic nitrogens is 3. The van der Waals surface area contributed by atoms with Crippen LogP contribution in [0.2, 0.25) is 0 Å². The second-order valence-corrected chi connectivity index (χ2v) is 9.97. The molecule has 1 saturated heterocycles. The number of fused-ring (bicyclic) bond motifs is 1. The monoisotopic (exact) mass is 532 g/mol. The lowest BCUT2D eigenvalue weighted by Crippen LogP contribution is -2.43. The normalized spacial score (nSPS) is 24.5. The van der Waals surface area contributed by atoms with Gasteiger partial charge in [-0.25, -0.2) is 9.36 Å². The van der Waals surface area contributed by atoms with Crippen LogP contribution in [0, 0.1) is 6.92 Å². The van der Waals surface area contributed by atoms with Crippen molar-refractivity contribution in [1.29, 1.82) is 0 Å². The van der Waals surface area contributed by atoms with Crippen LogP contribution in [0.5, 0.6) is 0 Å². The molecule has 0 amide bonds. The van der Waals surface area contributed by atoms with E-state index in [0.717, 1.165) is 27.0 Å². The third kappa shape index (κ3) is 5.19. The topological polar surface area (TPSA) is 213 Å². The van der Waals surface area contributed by atoms with E-state index in [-0.39, 0.29) is 6.54 Å². The van der Waals surface area contributed by atoms with Crippen LogP contribution in [0.1, 0.15) is 17.5 Å². The fraction of sp³-hybridized carbons (Fsp3) is 0.389. The molecule has 4 rings (SSSR count). The van der Waals surface area contributed by atoms with Crippen LogP contribution < -0.4 is 11.2 Å². The van der Waals surface area contributed by atoms with E-state index in [1.165, 1.54) is 0 Å². The molecule has 3 unspecified atom stereocenters. The van der Waals surface area contributed by atoms with Gasteiger partial charge in [0.05, 0.1) is 13.2 Å². The molecule has 35 heavy (non-hydrogen) atoms. The molecule has 15 nitrogen and oxygen atoms in total. The molecule has 3 aromatic rings.